The van der Waals surface area contributed by atoms with E-state index in [-0.39, 0.29) is 6.04 Å². The van der Waals surface area contributed by atoms with E-state index in [2.05, 4.69) is 40.4 Å². The molecule has 1 heterocycles. The van der Waals surface area contributed by atoms with Gasteiger partial charge in [-0.2, -0.15) is 0 Å². The van der Waals surface area contributed by atoms with Crippen molar-refractivity contribution < 1.29 is 4.74 Å². The minimum atomic E-state index is -0.146. The first-order valence-corrected chi connectivity index (χ1v) is 6.93. The molecule has 0 aliphatic carbocycles. The summed E-state index contributed by atoms with van der Waals surface area (Å²) in [5, 5.41) is 2.07. The van der Waals surface area contributed by atoms with E-state index in [0.717, 1.165) is 20.7 Å². The van der Waals surface area contributed by atoms with Gasteiger partial charge in [0.1, 0.15) is 5.75 Å². The Morgan fingerprint density at radius 3 is 2.71 bits per heavy atom. The van der Waals surface area contributed by atoms with E-state index in [0.29, 0.717) is 0 Å². The monoisotopic (exact) mass is 311 g/mol. The third-order valence-electron chi connectivity index (χ3n) is 2.67. The van der Waals surface area contributed by atoms with E-state index < -0.39 is 0 Å². The molecule has 0 bridgehead atoms. The van der Waals surface area contributed by atoms with Crippen LogP contribution in [-0.2, 0) is 0 Å². The van der Waals surface area contributed by atoms with E-state index in [1.165, 1.54) is 5.56 Å². The molecule has 0 fully saturated rings. The van der Waals surface area contributed by atoms with Crippen molar-refractivity contribution in [3.8, 4) is 5.75 Å². The van der Waals surface area contributed by atoms with Crippen LogP contribution in [0.25, 0.3) is 0 Å². The molecule has 90 valence electrons. The van der Waals surface area contributed by atoms with Crippen LogP contribution < -0.4 is 10.5 Å². The predicted octanol–water partition coefficient (Wildman–Crippen LogP) is 3.88. The fourth-order valence-corrected chi connectivity index (χ4v) is 2.98. The summed E-state index contributed by atoms with van der Waals surface area (Å²) in [4.78, 5) is 0. The lowest BCUT2D eigenvalue weighted by molar-refractivity contribution is 0.407. The van der Waals surface area contributed by atoms with Crippen molar-refractivity contribution in [2.45, 2.75) is 13.0 Å². The molecular weight excluding hydrogens is 298 g/mol. The molecule has 0 radical (unpaired) electrons. The molecule has 2 rings (SSSR count). The van der Waals surface area contributed by atoms with E-state index in [4.69, 9.17) is 10.5 Å². The SMILES string of the molecule is COc1ccc(C)cc1C(N)c1csc(Br)c1. The molecule has 4 heteroatoms. The van der Waals surface area contributed by atoms with Gasteiger partial charge in [-0.15, -0.1) is 11.3 Å². The van der Waals surface area contributed by atoms with Crippen LogP contribution in [0.5, 0.6) is 5.75 Å². The fourth-order valence-electron chi connectivity index (χ4n) is 1.76. The molecule has 0 aliphatic heterocycles. The summed E-state index contributed by atoms with van der Waals surface area (Å²) in [6.07, 6.45) is 0. The third-order valence-corrected chi connectivity index (χ3v) is 4.19. The van der Waals surface area contributed by atoms with Crippen molar-refractivity contribution in [2.24, 2.45) is 5.73 Å². The van der Waals surface area contributed by atoms with Crippen LogP contribution in [0.1, 0.15) is 22.7 Å². The number of hydrogen-bond acceptors (Lipinski definition) is 3. The van der Waals surface area contributed by atoms with Gasteiger partial charge in [0.2, 0.25) is 0 Å². The van der Waals surface area contributed by atoms with Gasteiger partial charge in [0.05, 0.1) is 16.9 Å². The minimum absolute atomic E-state index is 0.146. The largest absolute Gasteiger partial charge is 0.496 e. The van der Waals surface area contributed by atoms with Gasteiger partial charge in [0.25, 0.3) is 0 Å². The maximum atomic E-state index is 6.28. The standard InChI is InChI=1S/C13H14BrNOS/c1-8-3-4-11(16-2)10(5-8)13(15)9-6-12(14)17-7-9/h3-7,13H,15H2,1-2H3. The molecule has 17 heavy (non-hydrogen) atoms. The van der Waals surface area contributed by atoms with Gasteiger partial charge >= 0.3 is 0 Å². The second-order valence-corrected chi connectivity index (χ2v) is 6.20. The smallest absolute Gasteiger partial charge is 0.123 e. The summed E-state index contributed by atoms with van der Waals surface area (Å²) in [6, 6.07) is 7.98. The van der Waals surface area contributed by atoms with E-state index in [1.807, 2.05) is 12.1 Å². The number of benzene rings is 1. The van der Waals surface area contributed by atoms with Gasteiger partial charge in [0.15, 0.2) is 0 Å². The Balaban J connectivity index is 2.42. The summed E-state index contributed by atoms with van der Waals surface area (Å²) in [6.45, 7) is 2.05. The Kier molecular flexibility index (Phi) is 3.86. The van der Waals surface area contributed by atoms with Crippen LogP contribution in [-0.4, -0.2) is 7.11 Å². The van der Waals surface area contributed by atoms with Crippen LogP contribution in [0.2, 0.25) is 0 Å². The Hall–Kier alpha value is -0.840. The van der Waals surface area contributed by atoms with Gasteiger partial charge in [-0.1, -0.05) is 17.7 Å². The number of rotatable bonds is 3. The lowest BCUT2D eigenvalue weighted by atomic mass is 9.99. The molecule has 0 saturated carbocycles. The molecule has 0 saturated heterocycles. The number of hydrogen-bond donors (Lipinski definition) is 1. The molecule has 0 spiro atoms. The average molecular weight is 312 g/mol. The molecule has 0 aliphatic rings. The summed E-state index contributed by atoms with van der Waals surface area (Å²) < 4.78 is 6.45. The highest BCUT2D eigenvalue weighted by atomic mass is 79.9. The number of aryl methyl sites for hydroxylation is 1. The van der Waals surface area contributed by atoms with Crippen molar-refractivity contribution in [1.82, 2.24) is 0 Å². The zero-order valence-electron chi connectivity index (χ0n) is 9.74. The molecule has 2 nitrogen and oxygen atoms in total. The maximum Gasteiger partial charge on any atom is 0.123 e. The van der Waals surface area contributed by atoms with Gasteiger partial charge in [-0.3, -0.25) is 0 Å². The quantitative estimate of drug-likeness (QED) is 0.933. The zero-order chi connectivity index (χ0) is 12.4. The number of nitrogens with two attached hydrogens (primary N) is 1. The van der Waals surface area contributed by atoms with Crippen molar-refractivity contribution in [3.05, 3.63) is 50.1 Å². The van der Waals surface area contributed by atoms with E-state index in [9.17, 15) is 0 Å². The molecule has 1 unspecified atom stereocenters. The van der Waals surface area contributed by atoms with Crippen molar-refractivity contribution in [2.75, 3.05) is 7.11 Å². The van der Waals surface area contributed by atoms with Gasteiger partial charge < -0.3 is 10.5 Å². The number of methoxy groups -OCH3 is 1. The van der Waals surface area contributed by atoms with Crippen molar-refractivity contribution >= 4 is 27.3 Å². The van der Waals surface area contributed by atoms with Crippen LogP contribution in [0.15, 0.2) is 33.4 Å². The lowest BCUT2D eigenvalue weighted by Gasteiger charge is -2.15. The van der Waals surface area contributed by atoms with Crippen LogP contribution in [0, 0.1) is 6.92 Å². The average Bonchev–Trinajstić information content (AvgIpc) is 2.75. The highest BCUT2D eigenvalue weighted by Gasteiger charge is 2.15. The highest BCUT2D eigenvalue weighted by Crippen LogP contribution is 2.32. The van der Waals surface area contributed by atoms with E-state index in [1.54, 1.807) is 18.4 Å². The normalized spacial score (nSPS) is 12.5. The summed E-state index contributed by atoms with van der Waals surface area (Å²) >= 11 is 5.10. The second-order valence-electron chi connectivity index (χ2n) is 3.91. The lowest BCUT2D eigenvalue weighted by Crippen LogP contribution is -2.12. The third kappa shape index (κ3) is 2.70. The van der Waals surface area contributed by atoms with Gasteiger partial charge in [0, 0.05) is 5.56 Å². The van der Waals surface area contributed by atoms with Crippen LogP contribution in [0.3, 0.4) is 0 Å². The van der Waals surface area contributed by atoms with Gasteiger partial charge in [-0.25, -0.2) is 0 Å². The first-order valence-electron chi connectivity index (χ1n) is 5.26. The fraction of sp³-hybridized carbons (Fsp3) is 0.231. The molecule has 1 aromatic heterocycles. The molecule has 1 aromatic carbocycles. The maximum absolute atomic E-state index is 6.28. The first kappa shape index (κ1) is 12.6. The second kappa shape index (κ2) is 5.21. The van der Waals surface area contributed by atoms with Crippen molar-refractivity contribution in [3.63, 3.8) is 0 Å². The van der Waals surface area contributed by atoms with Crippen LogP contribution in [0.4, 0.5) is 0 Å². The molecular formula is C13H14BrNOS. The van der Waals surface area contributed by atoms with E-state index >= 15 is 0 Å². The molecule has 1 atom stereocenters. The minimum Gasteiger partial charge on any atom is -0.496 e. The number of ether oxygens (including phenoxy) is 1. The van der Waals surface area contributed by atoms with Crippen molar-refractivity contribution in [1.29, 1.82) is 0 Å². The van der Waals surface area contributed by atoms with Crippen LogP contribution >= 0.6 is 27.3 Å². The van der Waals surface area contributed by atoms with Gasteiger partial charge in [-0.05, 0) is 45.9 Å². The molecule has 2 aromatic rings. The summed E-state index contributed by atoms with van der Waals surface area (Å²) in [5.41, 5.74) is 9.59. The molecule has 0 amide bonds. The topological polar surface area (TPSA) is 35.2 Å². The number of halogens is 1. The number of thiophene rings is 1. The highest BCUT2D eigenvalue weighted by molar-refractivity contribution is 9.11. The summed E-state index contributed by atoms with van der Waals surface area (Å²) in [7, 11) is 1.67. The Bertz CT molecular complexity index is 524. The predicted molar refractivity (Wildman–Crippen MR) is 75.8 cm³/mol. The zero-order valence-corrected chi connectivity index (χ0v) is 12.1. The Morgan fingerprint density at radius 2 is 2.12 bits per heavy atom. The summed E-state index contributed by atoms with van der Waals surface area (Å²) in [5.74, 6) is 0.838. The Labute approximate surface area is 114 Å². The molecule has 2 N–H and O–H groups in total. The first-order chi connectivity index (χ1) is 8.11. The Morgan fingerprint density at radius 1 is 1.35 bits per heavy atom.